The molecule has 1 aliphatic carbocycles. The zero-order valence-corrected chi connectivity index (χ0v) is 10.4. The van der Waals surface area contributed by atoms with E-state index in [-0.39, 0.29) is 18.9 Å². The number of hydrogen-bond acceptors (Lipinski definition) is 3. The van der Waals surface area contributed by atoms with Crippen LogP contribution < -0.4 is 11.1 Å². The van der Waals surface area contributed by atoms with E-state index in [4.69, 9.17) is 10.8 Å². The van der Waals surface area contributed by atoms with Crippen LogP contribution >= 0.6 is 0 Å². The topological polar surface area (TPSA) is 92.4 Å². The molecule has 0 heterocycles. The van der Waals surface area contributed by atoms with Crippen LogP contribution in [-0.4, -0.2) is 30.1 Å². The fraction of sp³-hybridized carbons (Fsp3) is 0.833. The number of carboxylic acid groups (broad SMARTS) is 1. The van der Waals surface area contributed by atoms with Crippen molar-refractivity contribution in [3.8, 4) is 0 Å². The number of amides is 1. The third-order valence-corrected chi connectivity index (χ3v) is 3.73. The van der Waals surface area contributed by atoms with Gasteiger partial charge in [-0.2, -0.15) is 0 Å². The molecule has 0 radical (unpaired) electrons. The molecule has 0 aliphatic heterocycles. The Labute approximate surface area is 102 Å². The van der Waals surface area contributed by atoms with Crippen molar-refractivity contribution in [3.63, 3.8) is 0 Å². The summed E-state index contributed by atoms with van der Waals surface area (Å²) in [5, 5.41) is 11.2. The summed E-state index contributed by atoms with van der Waals surface area (Å²) in [6, 6.07) is 0. The Morgan fingerprint density at radius 3 is 2.47 bits per heavy atom. The lowest BCUT2D eigenvalue weighted by Crippen LogP contribution is -2.48. The van der Waals surface area contributed by atoms with Crippen LogP contribution in [0.1, 0.15) is 39.0 Å². The normalized spacial score (nSPS) is 28.7. The van der Waals surface area contributed by atoms with Crippen molar-refractivity contribution < 1.29 is 14.7 Å². The maximum atomic E-state index is 12.1. The number of carboxylic acids is 1. The monoisotopic (exact) mass is 242 g/mol. The maximum absolute atomic E-state index is 12.1. The van der Waals surface area contributed by atoms with E-state index in [1.807, 2.05) is 0 Å². The highest BCUT2D eigenvalue weighted by Gasteiger charge is 2.39. The molecule has 1 fully saturated rings. The van der Waals surface area contributed by atoms with Crippen LogP contribution in [0, 0.1) is 11.3 Å². The van der Waals surface area contributed by atoms with Crippen molar-refractivity contribution in [1.29, 1.82) is 0 Å². The SMILES string of the molecule is CC1CCC(CN)(C(=O)NCCC(=O)O)CC1. The fourth-order valence-corrected chi connectivity index (χ4v) is 2.31. The number of nitrogens with two attached hydrogens (primary N) is 1. The summed E-state index contributed by atoms with van der Waals surface area (Å²) in [4.78, 5) is 22.4. The van der Waals surface area contributed by atoms with Crippen molar-refractivity contribution in [2.75, 3.05) is 13.1 Å². The first kappa shape index (κ1) is 14.0. The average Bonchev–Trinajstić information content (AvgIpc) is 2.30. The van der Waals surface area contributed by atoms with Gasteiger partial charge in [0, 0.05) is 13.1 Å². The van der Waals surface area contributed by atoms with Crippen LogP contribution in [0.2, 0.25) is 0 Å². The maximum Gasteiger partial charge on any atom is 0.305 e. The minimum atomic E-state index is -0.899. The zero-order valence-electron chi connectivity index (χ0n) is 10.4. The van der Waals surface area contributed by atoms with Gasteiger partial charge in [0.2, 0.25) is 5.91 Å². The fourth-order valence-electron chi connectivity index (χ4n) is 2.31. The molecule has 0 bridgehead atoms. The Kier molecular flexibility index (Phi) is 4.93. The van der Waals surface area contributed by atoms with Crippen molar-refractivity contribution in [1.82, 2.24) is 5.32 Å². The molecular weight excluding hydrogens is 220 g/mol. The number of nitrogens with one attached hydrogen (secondary N) is 1. The molecule has 17 heavy (non-hydrogen) atoms. The first-order valence-electron chi connectivity index (χ1n) is 6.20. The predicted molar refractivity (Wildman–Crippen MR) is 64.4 cm³/mol. The minimum absolute atomic E-state index is 0.0389. The van der Waals surface area contributed by atoms with Gasteiger partial charge in [-0.15, -0.1) is 0 Å². The number of carbonyl (C=O) groups excluding carboxylic acids is 1. The summed E-state index contributed by atoms with van der Waals surface area (Å²) in [5.74, 6) is -0.320. The highest BCUT2D eigenvalue weighted by molar-refractivity contribution is 5.83. The number of carbonyl (C=O) groups is 2. The van der Waals surface area contributed by atoms with Gasteiger partial charge in [0.1, 0.15) is 0 Å². The number of aliphatic carboxylic acids is 1. The van der Waals surface area contributed by atoms with E-state index in [1.54, 1.807) is 0 Å². The van der Waals surface area contributed by atoms with E-state index < -0.39 is 11.4 Å². The average molecular weight is 242 g/mol. The van der Waals surface area contributed by atoms with Crippen LogP contribution in [0.4, 0.5) is 0 Å². The van der Waals surface area contributed by atoms with Gasteiger partial charge < -0.3 is 16.2 Å². The molecule has 0 aromatic carbocycles. The van der Waals surface area contributed by atoms with E-state index in [2.05, 4.69) is 12.2 Å². The zero-order chi connectivity index (χ0) is 12.9. The first-order chi connectivity index (χ1) is 8.00. The Bertz CT molecular complexity index is 283. The second-order valence-corrected chi connectivity index (χ2v) is 5.07. The summed E-state index contributed by atoms with van der Waals surface area (Å²) in [6.45, 7) is 2.72. The lowest BCUT2D eigenvalue weighted by atomic mass is 9.70. The minimum Gasteiger partial charge on any atom is -0.481 e. The molecule has 5 heteroatoms. The highest BCUT2D eigenvalue weighted by atomic mass is 16.4. The Balaban J connectivity index is 2.48. The predicted octanol–water partition coefficient (Wildman–Crippen LogP) is 0.733. The summed E-state index contributed by atoms with van der Waals surface area (Å²) in [5.41, 5.74) is 5.27. The molecule has 0 saturated heterocycles. The Hall–Kier alpha value is -1.10. The quantitative estimate of drug-likeness (QED) is 0.662. The van der Waals surface area contributed by atoms with Gasteiger partial charge in [-0.25, -0.2) is 0 Å². The van der Waals surface area contributed by atoms with E-state index >= 15 is 0 Å². The van der Waals surface area contributed by atoms with Crippen molar-refractivity contribution >= 4 is 11.9 Å². The highest BCUT2D eigenvalue weighted by Crippen LogP contribution is 2.38. The molecule has 98 valence electrons. The molecule has 0 aromatic rings. The molecule has 1 aliphatic rings. The third-order valence-electron chi connectivity index (χ3n) is 3.73. The molecule has 5 nitrogen and oxygen atoms in total. The smallest absolute Gasteiger partial charge is 0.305 e. The number of rotatable bonds is 5. The van der Waals surface area contributed by atoms with Crippen LogP contribution in [0.3, 0.4) is 0 Å². The summed E-state index contributed by atoms with van der Waals surface area (Å²) in [7, 11) is 0. The van der Waals surface area contributed by atoms with Crippen LogP contribution in [0.15, 0.2) is 0 Å². The molecular formula is C12H22N2O3. The second-order valence-electron chi connectivity index (χ2n) is 5.07. The third kappa shape index (κ3) is 3.70. The first-order valence-corrected chi connectivity index (χ1v) is 6.20. The van der Waals surface area contributed by atoms with E-state index in [0.29, 0.717) is 12.5 Å². The van der Waals surface area contributed by atoms with Crippen LogP contribution in [0.5, 0.6) is 0 Å². The molecule has 0 unspecified atom stereocenters. The molecule has 1 amide bonds. The summed E-state index contributed by atoms with van der Waals surface area (Å²) in [6.07, 6.45) is 3.61. The number of hydrogen-bond donors (Lipinski definition) is 3. The standard InChI is InChI=1S/C12H22N2O3/c1-9-2-5-12(8-13,6-3-9)11(17)14-7-4-10(15)16/h9H,2-8,13H2,1H3,(H,14,17)(H,15,16). The lowest BCUT2D eigenvalue weighted by molar-refractivity contribution is -0.137. The second kappa shape index (κ2) is 6.00. The molecule has 1 saturated carbocycles. The largest absolute Gasteiger partial charge is 0.481 e. The molecule has 0 aromatic heterocycles. The van der Waals surface area contributed by atoms with E-state index in [9.17, 15) is 9.59 Å². The van der Waals surface area contributed by atoms with Crippen LogP contribution in [-0.2, 0) is 9.59 Å². The van der Waals surface area contributed by atoms with Gasteiger partial charge in [-0.3, -0.25) is 9.59 Å². The van der Waals surface area contributed by atoms with Crippen molar-refractivity contribution in [3.05, 3.63) is 0 Å². The van der Waals surface area contributed by atoms with Gasteiger partial charge >= 0.3 is 5.97 Å². The van der Waals surface area contributed by atoms with E-state index in [0.717, 1.165) is 25.7 Å². The summed E-state index contributed by atoms with van der Waals surface area (Å²) < 4.78 is 0. The van der Waals surface area contributed by atoms with Gasteiger partial charge in [0.05, 0.1) is 11.8 Å². The van der Waals surface area contributed by atoms with Gasteiger partial charge in [-0.1, -0.05) is 6.92 Å². The Morgan fingerprint density at radius 2 is 2.00 bits per heavy atom. The molecule has 4 N–H and O–H groups in total. The van der Waals surface area contributed by atoms with Crippen molar-refractivity contribution in [2.24, 2.45) is 17.1 Å². The molecule has 0 spiro atoms. The van der Waals surface area contributed by atoms with Gasteiger partial charge in [0.15, 0.2) is 0 Å². The van der Waals surface area contributed by atoms with Gasteiger partial charge in [0.25, 0.3) is 0 Å². The Morgan fingerprint density at radius 1 is 1.41 bits per heavy atom. The molecule has 0 atom stereocenters. The van der Waals surface area contributed by atoms with Crippen LogP contribution in [0.25, 0.3) is 0 Å². The van der Waals surface area contributed by atoms with E-state index in [1.165, 1.54) is 0 Å². The van der Waals surface area contributed by atoms with Crippen molar-refractivity contribution in [2.45, 2.75) is 39.0 Å². The van der Waals surface area contributed by atoms with Gasteiger partial charge in [-0.05, 0) is 31.6 Å². The lowest BCUT2D eigenvalue weighted by Gasteiger charge is -2.37. The summed E-state index contributed by atoms with van der Waals surface area (Å²) >= 11 is 0. The molecule has 1 rings (SSSR count).